The van der Waals surface area contributed by atoms with Gasteiger partial charge in [0.05, 0.1) is 18.8 Å². The molecule has 4 nitrogen and oxygen atoms in total. The van der Waals surface area contributed by atoms with Crippen molar-refractivity contribution in [3.05, 3.63) is 51.7 Å². The third-order valence-electron chi connectivity index (χ3n) is 3.40. The Balaban J connectivity index is 1.96. The van der Waals surface area contributed by atoms with E-state index >= 15 is 0 Å². The lowest BCUT2D eigenvalue weighted by molar-refractivity contribution is 0.570. The molecule has 0 spiro atoms. The average Bonchev–Trinajstić information content (AvgIpc) is 3.01. The van der Waals surface area contributed by atoms with Gasteiger partial charge >= 0.3 is 0 Å². The van der Waals surface area contributed by atoms with Crippen molar-refractivity contribution in [1.82, 2.24) is 15.6 Å². The molecule has 24 heavy (non-hydrogen) atoms. The van der Waals surface area contributed by atoms with Crippen LogP contribution in [0.15, 0.2) is 34.6 Å². The van der Waals surface area contributed by atoms with Crippen LogP contribution in [0.5, 0.6) is 0 Å². The van der Waals surface area contributed by atoms with E-state index in [9.17, 15) is 4.39 Å². The summed E-state index contributed by atoms with van der Waals surface area (Å²) in [6.07, 6.45) is 0. The van der Waals surface area contributed by atoms with Gasteiger partial charge in [-0.05, 0) is 24.6 Å². The molecular formula is C18H25FN4S. The second kappa shape index (κ2) is 8.24. The monoisotopic (exact) mass is 348 g/mol. The molecule has 1 aromatic carbocycles. The molecule has 0 radical (unpaired) electrons. The molecule has 2 aromatic rings. The second-order valence-corrected chi connectivity index (χ2v) is 7.49. The average molecular weight is 348 g/mol. The first-order valence-electron chi connectivity index (χ1n) is 8.10. The lowest BCUT2D eigenvalue weighted by atomic mass is 9.93. The number of hydrogen-bond donors (Lipinski definition) is 2. The highest BCUT2D eigenvalue weighted by molar-refractivity contribution is 7.09. The van der Waals surface area contributed by atoms with Crippen molar-refractivity contribution in [2.45, 2.75) is 46.2 Å². The van der Waals surface area contributed by atoms with Gasteiger partial charge in [0.15, 0.2) is 5.96 Å². The largest absolute Gasteiger partial charge is 0.357 e. The zero-order valence-electron chi connectivity index (χ0n) is 14.7. The number of nitrogens with one attached hydrogen (secondary N) is 2. The SMILES string of the molecule is CCNC(=NCc1ccc(F)cc1)NCc1nc(C(C)(C)C)cs1. The molecule has 2 N–H and O–H groups in total. The van der Waals surface area contributed by atoms with Crippen molar-refractivity contribution in [1.29, 1.82) is 0 Å². The molecule has 0 aliphatic heterocycles. The molecule has 130 valence electrons. The van der Waals surface area contributed by atoms with E-state index in [0.29, 0.717) is 13.1 Å². The van der Waals surface area contributed by atoms with E-state index in [2.05, 4.69) is 46.8 Å². The van der Waals surface area contributed by atoms with Crippen molar-refractivity contribution in [3.63, 3.8) is 0 Å². The van der Waals surface area contributed by atoms with Gasteiger partial charge in [-0.3, -0.25) is 0 Å². The van der Waals surface area contributed by atoms with Crippen LogP contribution in [0.25, 0.3) is 0 Å². The number of thiazole rings is 1. The molecule has 0 fully saturated rings. The molecule has 0 bridgehead atoms. The van der Waals surface area contributed by atoms with Crippen LogP contribution in [0.1, 0.15) is 44.0 Å². The van der Waals surface area contributed by atoms with Crippen molar-refractivity contribution in [2.75, 3.05) is 6.54 Å². The highest BCUT2D eigenvalue weighted by Gasteiger charge is 2.17. The molecule has 0 atom stereocenters. The maximum absolute atomic E-state index is 12.9. The summed E-state index contributed by atoms with van der Waals surface area (Å²) in [5, 5.41) is 9.65. The number of benzene rings is 1. The third kappa shape index (κ3) is 5.60. The first kappa shape index (κ1) is 18.4. The molecule has 1 aromatic heterocycles. The summed E-state index contributed by atoms with van der Waals surface area (Å²) in [4.78, 5) is 9.21. The maximum Gasteiger partial charge on any atom is 0.191 e. The Labute approximate surface area is 147 Å². The van der Waals surface area contributed by atoms with Crippen molar-refractivity contribution >= 4 is 17.3 Å². The van der Waals surface area contributed by atoms with Gasteiger partial charge in [0.25, 0.3) is 0 Å². The van der Waals surface area contributed by atoms with Crippen LogP contribution in [-0.2, 0) is 18.5 Å². The van der Waals surface area contributed by atoms with Gasteiger partial charge in [0.2, 0.25) is 0 Å². The number of halogens is 1. The summed E-state index contributed by atoms with van der Waals surface area (Å²) < 4.78 is 12.9. The number of hydrogen-bond acceptors (Lipinski definition) is 3. The summed E-state index contributed by atoms with van der Waals surface area (Å²) in [6, 6.07) is 6.40. The fourth-order valence-electron chi connectivity index (χ4n) is 2.00. The van der Waals surface area contributed by atoms with E-state index in [-0.39, 0.29) is 11.2 Å². The normalized spacial score (nSPS) is 12.3. The van der Waals surface area contributed by atoms with Crippen LogP contribution in [0.2, 0.25) is 0 Å². The zero-order valence-corrected chi connectivity index (χ0v) is 15.5. The van der Waals surface area contributed by atoms with Gasteiger partial charge < -0.3 is 10.6 Å². The third-order valence-corrected chi connectivity index (χ3v) is 4.25. The summed E-state index contributed by atoms with van der Waals surface area (Å²) in [6.45, 7) is 10.4. The zero-order chi connectivity index (χ0) is 17.6. The minimum Gasteiger partial charge on any atom is -0.357 e. The molecule has 0 saturated heterocycles. The minimum atomic E-state index is -0.230. The molecule has 6 heteroatoms. The number of aliphatic imine (C=N–C) groups is 1. The van der Waals surface area contributed by atoms with Gasteiger partial charge in [0.1, 0.15) is 10.8 Å². The number of rotatable bonds is 5. The molecule has 2 rings (SSSR count). The fourth-order valence-corrected chi connectivity index (χ4v) is 2.96. The van der Waals surface area contributed by atoms with Gasteiger partial charge in [-0.15, -0.1) is 11.3 Å². The molecule has 0 saturated carbocycles. The standard InChI is InChI=1S/C18H25FN4S/c1-5-20-17(21-10-13-6-8-14(19)9-7-13)22-11-16-23-15(12-24-16)18(2,3)4/h6-9,12H,5,10-11H2,1-4H3,(H2,20,21,22). The molecular weight excluding hydrogens is 323 g/mol. The molecule has 0 unspecified atom stereocenters. The lowest BCUT2D eigenvalue weighted by Gasteiger charge is -2.14. The summed E-state index contributed by atoms with van der Waals surface area (Å²) in [5.74, 6) is 0.500. The first-order valence-corrected chi connectivity index (χ1v) is 8.98. The molecule has 0 aliphatic carbocycles. The summed E-state index contributed by atoms with van der Waals surface area (Å²) in [5.41, 5.74) is 2.14. The molecule has 0 amide bonds. The summed E-state index contributed by atoms with van der Waals surface area (Å²) >= 11 is 1.65. The van der Waals surface area contributed by atoms with Crippen LogP contribution in [-0.4, -0.2) is 17.5 Å². The van der Waals surface area contributed by atoms with Crippen molar-refractivity contribution in [2.24, 2.45) is 4.99 Å². The van der Waals surface area contributed by atoms with Crippen LogP contribution >= 0.6 is 11.3 Å². The van der Waals surface area contributed by atoms with Crippen LogP contribution in [0.4, 0.5) is 4.39 Å². The number of guanidine groups is 1. The Hall–Kier alpha value is -1.95. The Morgan fingerprint density at radius 1 is 1.21 bits per heavy atom. The Kier molecular flexibility index (Phi) is 6.31. The van der Waals surface area contributed by atoms with E-state index in [0.717, 1.165) is 28.8 Å². The fraction of sp³-hybridized carbons (Fsp3) is 0.444. The Bertz CT molecular complexity index is 671. The topological polar surface area (TPSA) is 49.3 Å². The van der Waals surface area contributed by atoms with E-state index in [1.807, 2.05) is 6.92 Å². The number of nitrogens with zero attached hydrogens (tertiary/aromatic N) is 2. The Morgan fingerprint density at radius 3 is 2.50 bits per heavy atom. The van der Waals surface area contributed by atoms with E-state index in [1.54, 1.807) is 23.5 Å². The Morgan fingerprint density at radius 2 is 1.92 bits per heavy atom. The van der Waals surface area contributed by atoms with Gasteiger partial charge in [0, 0.05) is 17.3 Å². The van der Waals surface area contributed by atoms with E-state index in [4.69, 9.17) is 0 Å². The van der Waals surface area contributed by atoms with E-state index in [1.165, 1.54) is 12.1 Å². The maximum atomic E-state index is 12.9. The highest BCUT2D eigenvalue weighted by Crippen LogP contribution is 2.23. The lowest BCUT2D eigenvalue weighted by Crippen LogP contribution is -2.36. The quantitative estimate of drug-likeness (QED) is 0.638. The predicted molar refractivity (Wildman–Crippen MR) is 98.9 cm³/mol. The van der Waals surface area contributed by atoms with Gasteiger partial charge in [-0.2, -0.15) is 0 Å². The minimum absolute atomic E-state index is 0.0654. The van der Waals surface area contributed by atoms with Crippen molar-refractivity contribution in [3.8, 4) is 0 Å². The van der Waals surface area contributed by atoms with Gasteiger partial charge in [-0.25, -0.2) is 14.4 Å². The highest BCUT2D eigenvalue weighted by atomic mass is 32.1. The smallest absolute Gasteiger partial charge is 0.191 e. The van der Waals surface area contributed by atoms with Gasteiger partial charge in [-0.1, -0.05) is 32.9 Å². The summed E-state index contributed by atoms with van der Waals surface area (Å²) in [7, 11) is 0. The van der Waals surface area contributed by atoms with Crippen molar-refractivity contribution < 1.29 is 4.39 Å². The van der Waals surface area contributed by atoms with Crippen LogP contribution in [0, 0.1) is 5.82 Å². The van der Waals surface area contributed by atoms with Crippen LogP contribution < -0.4 is 10.6 Å². The predicted octanol–water partition coefficient (Wildman–Crippen LogP) is 3.84. The van der Waals surface area contributed by atoms with E-state index < -0.39 is 0 Å². The molecule has 1 heterocycles. The second-order valence-electron chi connectivity index (χ2n) is 6.55. The number of aromatic nitrogens is 1. The molecule has 0 aliphatic rings. The first-order chi connectivity index (χ1) is 11.4. The van der Waals surface area contributed by atoms with Crippen LogP contribution in [0.3, 0.4) is 0 Å².